The molecule has 0 spiro atoms. The monoisotopic (exact) mass is 684 g/mol. The minimum atomic E-state index is -0.868. The molecule has 14 nitrogen and oxygen atoms in total. The van der Waals surface area contributed by atoms with E-state index in [0.29, 0.717) is 42.9 Å². The Bertz CT molecular complexity index is 1780. The van der Waals surface area contributed by atoms with Gasteiger partial charge in [-0.05, 0) is 44.7 Å². The number of hydrogen-bond donors (Lipinski definition) is 4. The zero-order chi connectivity index (χ0) is 35.0. The van der Waals surface area contributed by atoms with Crippen LogP contribution in [0.15, 0.2) is 67.0 Å². The van der Waals surface area contributed by atoms with E-state index in [1.807, 2.05) is 57.2 Å². The molecule has 264 valence electrons. The molecule has 4 aromatic rings. The lowest BCUT2D eigenvalue weighted by Gasteiger charge is -2.27. The maximum atomic E-state index is 14.1. The highest BCUT2D eigenvalue weighted by molar-refractivity contribution is 5.93. The van der Waals surface area contributed by atoms with Gasteiger partial charge in [-0.2, -0.15) is 9.97 Å². The number of nitrogens with one attached hydrogen (secondary N) is 3. The molecule has 2 amide bonds. The van der Waals surface area contributed by atoms with Gasteiger partial charge < -0.3 is 35.3 Å². The quantitative estimate of drug-likeness (QED) is 0.184. The summed E-state index contributed by atoms with van der Waals surface area (Å²) in [5.41, 5.74) is 3.13. The fourth-order valence-electron chi connectivity index (χ4n) is 7.29. The number of benzene rings is 2. The molecule has 50 heavy (non-hydrogen) atoms. The summed E-state index contributed by atoms with van der Waals surface area (Å²) in [6, 6.07) is 19.7. The summed E-state index contributed by atoms with van der Waals surface area (Å²) >= 11 is 0. The zero-order valence-electron chi connectivity index (χ0n) is 28.7. The zero-order valence-corrected chi connectivity index (χ0v) is 28.7. The molecular weight excluding hydrogens is 640 g/mol. The number of hydrogen-bond acceptors (Lipinski definition) is 11. The maximum absolute atomic E-state index is 14.1. The van der Waals surface area contributed by atoms with Crippen LogP contribution >= 0.6 is 0 Å². The van der Waals surface area contributed by atoms with E-state index in [0.717, 1.165) is 11.1 Å². The van der Waals surface area contributed by atoms with Gasteiger partial charge in [0.2, 0.25) is 11.9 Å². The minimum Gasteiger partial charge on any atom is -0.389 e. The molecule has 2 aromatic carbocycles. The van der Waals surface area contributed by atoms with Crippen LogP contribution < -0.4 is 21.0 Å². The van der Waals surface area contributed by atoms with Gasteiger partial charge in [-0.25, -0.2) is 14.7 Å². The molecule has 2 aliphatic heterocycles. The Morgan fingerprint density at radius 1 is 1.02 bits per heavy atom. The number of amides is 2. The first-order chi connectivity index (χ1) is 24.1. The van der Waals surface area contributed by atoms with Gasteiger partial charge in [-0.1, -0.05) is 60.7 Å². The molecule has 0 bridgehead atoms. The summed E-state index contributed by atoms with van der Waals surface area (Å²) in [5.74, 6) is -0.606. The molecule has 2 aromatic heterocycles. The van der Waals surface area contributed by atoms with Crippen molar-refractivity contribution in [1.29, 1.82) is 0 Å². The van der Waals surface area contributed by atoms with E-state index >= 15 is 0 Å². The summed E-state index contributed by atoms with van der Waals surface area (Å²) in [6.07, 6.45) is 0.155. The number of rotatable bonds is 11. The molecule has 6 atom stereocenters. The number of fused-ring (bicyclic) bond motifs is 2. The van der Waals surface area contributed by atoms with Crippen molar-refractivity contribution < 1.29 is 28.9 Å². The number of nitrogens with zero attached hydrogens (tertiary/aromatic N) is 5. The van der Waals surface area contributed by atoms with Crippen LogP contribution in [0.4, 0.5) is 11.8 Å². The van der Waals surface area contributed by atoms with Crippen LogP contribution in [0.5, 0.6) is 0 Å². The highest BCUT2D eigenvalue weighted by atomic mass is 16.8. The van der Waals surface area contributed by atoms with Gasteiger partial charge in [-0.15, -0.1) is 0 Å². The molecule has 2 unspecified atom stereocenters. The van der Waals surface area contributed by atoms with Crippen molar-refractivity contribution in [2.24, 2.45) is 0 Å². The van der Waals surface area contributed by atoms with E-state index in [1.54, 1.807) is 11.0 Å². The fraction of sp³-hybridized carbons (Fsp3) is 0.472. The third-order valence-electron chi connectivity index (χ3n) is 9.59. The number of imidazole rings is 1. The van der Waals surface area contributed by atoms with Gasteiger partial charge in [0, 0.05) is 25.9 Å². The molecule has 7 rings (SSSR count). The van der Waals surface area contributed by atoms with Gasteiger partial charge in [0.25, 0.3) is 5.91 Å². The van der Waals surface area contributed by atoms with Crippen molar-refractivity contribution in [3.63, 3.8) is 0 Å². The normalized spacial score (nSPS) is 25.5. The molecule has 3 aliphatic rings. The molecular formula is C36H44N8O6. The Morgan fingerprint density at radius 2 is 1.70 bits per heavy atom. The van der Waals surface area contributed by atoms with Crippen LogP contribution in [0.1, 0.15) is 57.6 Å². The van der Waals surface area contributed by atoms with E-state index in [9.17, 15) is 14.7 Å². The lowest BCUT2D eigenvalue weighted by Crippen LogP contribution is -2.50. The van der Waals surface area contributed by atoms with Crippen LogP contribution in [0.25, 0.3) is 11.2 Å². The van der Waals surface area contributed by atoms with E-state index in [-0.39, 0.29) is 42.4 Å². The Labute approximate surface area is 290 Å². The smallest absolute Gasteiger partial charge is 0.273 e. The van der Waals surface area contributed by atoms with Gasteiger partial charge >= 0.3 is 0 Å². The summed E-state index contributed by atoms with van der Waals surface area (Å²) in [5, 5.41) is 22.3. The largest absolute Gasteiger partial charge is 0.389 e. The van der Waals surface area contributed by atoms with E-state index in [4.69, 9.17) is 29.2 Å². The number of aliphatic hydroxyl groups is 1. The van der Waals surface area contributed by atoms with Crippen molar-refractivity contribution in [2.75, 3.05) is 35.3 Å². The van der Waals surface area contributed by atoms with Gasteiger partial charge in [-0.3, -0.25) is 9.59 Å². The van der Waals surface area contributed by atoms with E-state index in [2.05, 4.69) is 40.2 Å². The molecule has 4 N–H and O–H groups in total. The van der Waals surface area contributed by atoms with Crippen molar-refractivity contribution in [1.82, 2.24) is 24.9 Å². The highest BCUT2D eigenvalue weighted by Crippen LogP contribution is 2.36. The maximum Gasteiger partial charge on any atom is 0.273 e. The van der Waals surface area contributed by atoms with Gasteiger partial charge in [0.05, 0.1) is 24.8 Å². The average Bonchev–Trinajstić information content (AvgIpc) is 3.85. The summed E-state index contributed by atoms with van der Waals surface area (Å²) in [4.78, 5) is 40.2. The fourth-order valence-corrected chi connectivity index (χ4v) is 7.29. The van der Waals surface area contributed by atoms with Crippen molar-refractivity contribution in [3.8, 4) is 0 Å². The van der Waals surface area contributed by atoms with Crippen LogP contribution in [0.3, 0.4) is 0 Å². The summed E-state index contributed by atoms with van der Waals surface area (Å²) in [7, 11) is 0. The molecule has 14 heteroatoms. The third kappa shape index (κ3) is 6.75. The number of ether oxygens (including phenoxy) is 3. The van der Waals surface area contributed by atoms with Gasteiger partial charge in [0.1, 0.15) is 18.5 Å². The molecule has 4 heterocycles. The summed E-state index contributed by atoms with van der Waals surface area (Å²) in [6.45, 7) is 8.00. The number of aliphatic hydroxyl groups excluding tert-OH is 1. The average molecular weight is 685 g/mol. The number of carbonyl (C=O) groups is 2. The van der Waals surface area contributed by atoms with Gasteiger partial charge in [0.15, 0.2) is 28.9 Å². The first-order valence-corrected chi connectivity index (χ1v) is 17.2. The van der Waals surface area contributed by atoms with Crippen LogP contribution in [0, 0.1) is 0 Å². The number of anilines is 2. The molecule has 0 radical (unpaired) electrons. The van der Waals surface area contributed by atoms with Crippen molar-refractivity contribution in [2.45, 2.75) is 88.7 Å². The lowest BCUT2D eigenvalue weighted by molar-refractivity contribution is -0.177. The second kappa shape index (κ2) is 13.9. The Hall–Kier alpha value is -4.63. The second-order valence-electron chi connectivity index (χ2n) is 13.5. The van der Waals surface area contributed by atoms with E-state index < -0.39 is 30.1 Å². The predicted octanol–water partition coefficient (Wildman–Crippen LogP) is 2.91. The molecule has 1 aliphatic carbocycles. The standard InChI is InChI=1S/C36H44N8O6/c1-5-43(34(47)31-30-27(19-48-31)49-36(3,4)50-30)44-20-38-28-32(37-18-24(22-12-8-6-9-13-22)23-14-10-7-11-15-23)41-35(42-33(28)44)40-26-17-16-25(29(26)46)39-21(2)45/h6-15,20,24-27,29-31,46H,5,16-19H2,1-4H3,(H,39,45)(H2,37,40,41,42)/t25?,26-,27-,29?,30-,31-/m0/s1. The van der Waals surface area contributed by atoms with Crippen molar-refractivity contribution in [3.05, 3.63) is 78.1 Å². The Morgan fingerprint density at radius 3 is 2.36 bits per heavy atom. The highest BCUT2D eigenvalue weighted by Gasteiger charge is 2.53. The Kier molecular flexibility index (Phi) is 9.44. The SMILES string of the molecule is CCN(C(=O)[C@H]1OC[C@@H]2OC(C)(C)O[C@@H]21)n1cnc2c(NCC(c3ccccc3)c3ccccc3)nc(N[C@H]3CCC(NC(C)=O)C3O)nc21. The lowest BCUT2D eigenvalue weighted by atomic mass is 9.91. The van der Waals surface area contributed by atoms with Crippen LogP contribution in [0.2, 0.25) is 0 Å². The number of likely N-dealkylation sites (N-methyl/N-ethyl adjacent to an activating group) is 1. The summed E-state index contributed by atoms with van der Waals surface area (Å²) < 4.78 is 19.6. The van der Waals surface area contributed by atoms with Crippen LogP contribution in [-0.2, 0) is 23.8 Å². The number of carbonyl (C=O) groups excluding carboxylic acids is 2. The number of aromatic nitrogens is 4. The topological polar surface area (TPSA) is 165 Å². The van der Waals surface area contributed by atoms with Crippen molar-refractivity contribution >= 4 is 34.7 Å². The third-order valence-corrected chi connectivity index (χ3v) is 9.59. The second-order valence-corrected chi connectivity index (χ2v) is 13.5. The van der Waals surface area contributed by atoms with Crippen LogP contribution in [-0.4, -0.2) is 98.5 Å². The first-order valence-electron chi connectivity index (χ1n) is 17.2. The Balaban J connectivity index is 1.23. The minimum absolute atomic E-state index is 0.00459. The van der Waals surface area contributed by atoms with E-state index in [1.165, 1.54) is 11.9 Å². The molecule has 2 saturated heterocycles. The first kappa shape index (κ1) is 33.8. The molecule has 3 fully saturated rings. The molecule has 1 saturated carbocycles. The predicted molar refractivity (Wildman–Crippen MR) is 186 cm³/mol.